The number of hydrogen-bond donors (Lipinski definition) is 1. The molecule has 0 aliphatic carbocycles. The first kappa shape index (κ1) is 19.9. The van der Waals surface area contributed by atoms with Crippen LogP contribution in [0.1, 0.15) is 34.9 Å². The highest BCUT2D eigenvalue weighted by Crippen LogP contribution is 2.43. The number of carbonyl (C=O) groups excluding carboxylic acids is 1. The molecule has 0 radical (unpaired) electrons. The van der Waals surface area contributed by atoms with Crippen LogP contribution in [-0.2, 0) is 4.79 Å². The first-order valence-corrected chi connectivity index (χ1v) is 10.5. The molecule has 1 atom stereocenters. The van der Waals surface area contributed by atoms with Gasteiger partial charge in [0.1, 0.15) is 11.6 Å². The minimum atomic E-state index is -0.153. The Balaban J connectivity index is 1.75. The van der Waals surface area contributed by atoms with Gasteiger partial charge in [-0.1, -0.05) is 42.5 Å². The highest BCUT2D eigenvalue weighted by Gasteiger charge is 2.35. The summed E-state index contributed by atoms with van der Waals surface area (Å²) < 4.78 is 6.97. The zero-order valence-corrected chi connectivity index (χ0v) is 18.2. The van der Waals surface area contributed by atoms with Gasteiger partial charge in [0.25, 0.3) is 5.95 Å². The number of nitrogens with zero attached hydrogens (tertiary/aromatic N) is 4. The molecular weight excluding hydrogens is 402 g/mol. The lowest BCUT2D eigenvalue weighted by Crippen LogP contribution is -2.25. The molecule has 7 heteroatoms. The van der Waals surface area contributed by atoms with Crippen LogP contribution in [0.5, 0.6) is 5.75 Å². The van der Waals surface area contributed by atoms with Gasteiger partial charge in [-0.2, -0.15) is 9.78 Å². The summed E-state index contributed by atoms with van der Waals surface area (Å²) in [7, 11) is 1.64. The van der Waals surface area contributed by atoms with Crippen molar-refractivity contribution in [1.29, 1.82) is 0 Å². The molecule has 2 aromatic heterocycles. The van der Waals surface area contributed by atoms with Crippen molar-refractivity contribution in [2.45, 2.75) is 26.2 Å². The number of fused-ring (bicyclic) bond motifs is 1. The summed E-state index contributed by atoms with van der Waals surface area (Å²) in [6, 6.07) is 19.8. The average Bonchev–Trinajstić information content (AvgIpc) is 3.18. The molecule has 3 heterocycles. The van der Waals surface area contributed by atoms with Crippen LogP contribution in [0.2, 0.25) is 0 Å². The molecule has 1 amide bonds. The molecule has 0 bridgehead atoms. The Kier molecular flexibility index (Phi) is 4.93. The molecule has 4 aromatic rings. The van der Waals surface area contributed by atoms with Crippen molar-refractivity contribution >= 4 is 11.7 Å². The summed E-state index contributed by atoms with van der Waals surface area (Å²) in [6.45, 7) is 3.84. The number of benzene rings is 2. The minimum Gasteiger partial charge on any atom is -0.497 e. The van der Waals surface area contributed by atoms with E-state index in [1.807, 2.05) is 74.5 Å². The number of aromatic nitrogens is 4. The van der Waals surface area contributed by atoms with Crippen LogP contribution in [0.25, 0.3) is 17.2 Å². The van der Waals surface area contributed by atoms with Gasteiger partial charge in [-0.15, -0.1) is 0 Å². The van der Waals surface area contributed by atoms with Crippen LogP contribution in [0.3, 0.4) is 0 Å². The fraction of sp³-hybridized carbons (Fsp3) is 0.200. The van der Waals surface area contributed by atoms with Gasteiger partial charge in [0.05, 0.1) is 12.8 Å². The van der Waals surface area contributed by atoms with Crippen LogP contribution in [0.15, 0.2) is 60.7 Å². The maximum absolute atomic E-state index is 12.8. The zero-order valence-electron chi connectivity index (χ0n) is 18.2. The topological polar surface area (TPSA) is 81.9 Å². The van der Waals surface area contributed by atoms with Crippen molar-refractivity contribution in [3.8, 4) is 23.0 Å². The summed E-state index contributed by atoms with van der Waals surface area (Å²) in [5.41, 5.74) is 5.45. The monoisotopic (exact) mass is 425 g/mol. The Morgan fingerprint density at radius 1 is 1.00 bits per heavy atom. The highest BCUT2D eigenvalue weighted by atomic mass is 16.5. The van der Waals surface area contributed by atoms with E-state index in [0.717, 1.165) is 39.5 Å². The number of methoxy groups -OCH3 is 1. The summed E-state index contributed by atoms with van der Waals surface area (Å²) >= 11 is 0. The van der Waals surface area contributed by atoms with E-state index in [-0.39, 0.29) is 11.8 Å². The Morgan fingerprint density at radius 2 is 1.69 bits per heavy atom. The highest BCUT2D eigenvalue weighted by molar-refractivity contribution is 5.96. The predicted octanol–water partition coefficient (Wildman–Crippen LogP) is 4.43. The zero-order chi connectivity index (χ0) is 22.2. The van der Waals surface area contributed by atoms with Gasteiger partial charge < -0.3 is 10.1 Å². The van der Waals surface area contributed by atoms with E-state index in [4.69, 9.17) is 9.84 Å². The third kappa shape index (κ3) is 3.51. The van der Waals surface area contributed by atoms with Crippen molar-refractivity contribution in [3.63, 3.8) is 0 Å². The Labute approximate surface area is 186 Å². The van der Waals surface area contributed by atoms with Gasteiger partial charge >= 0.3 is 0 Å². The van der Waals surface area contributed by atoms with Crippen LogP contribution in [-0.4, -0.2) is 32.8 Å². The summed E-state index contributed by atoms with van der Waals surface area (Å²) in [5, 5.41) is 7.95. The largest absolute Gasteiger partial charge is 0.497 e. The van der Waals surface area contributed by atoms with Gasteiger partial charge in [-0.05, 0) is 37.6 Å². The average molecular weight is 425 g/mol. The number of rotatable bonds is 4. The molecule has 1 N–H and O–H groups in total. The number of aryl methyl sites for hydroxylation is 2. The molecular formula is C25H23N5O2. The third-order valence-electron chi connectivity index (χ3n) is 5.64. The normalized spacial score (nSPS) is 15.2. The SMILES string of the molecule is COc1ccc(C2CC(=O)Nc3c2c(-c2ccccc2)nn3-c2nc(C)cc(C)n2)cc1. The Hall–Kier alpha value is -4.00. The molecule has 0 spiro atoms. The van der Waals surface area contributed by atoms with E-state index in [1.54, 1.807) is 11.8 Å². The lowest BCUT2D eigenvalue weighted by molar-refractivity contribution is -0.116. The smallest absolute Gasteiger partial charge is 0.252 e. The fourth-order valence-corrected chi connectivity index (χ4v) is 4.23. The van der Waals surface area contributed by atoms with Crippen molar-refractivity contribution in [2.24, 2.45) is 0 Å². The van der Waals surface area contributed by atoms with Crippen LogP contribution in [0, 0.1) is 13.8 Å². The molecule has 1 unspecified atom stereocenters. The first-order chi connectivity index (χ1) is 15.5. The van der Waals surface area contributed by atoms with Crippen molar-refractivity contribution in [3.05, 3.63) is 83.2 Å². The van der Waals surface area contributed by atoms with Gasteiger partial charge in [0.15, 0.2) is 0 Å². The minimum absolute atomic E-state index is 0.0662. The van der Waals surface area contributed by atoms with E-state index in [1.165, 1.54) is 0 Å². The summed E-state index contributed by atoms with van der Waals surface area (Å²) in [6.07, 6.45) is 0.332. The third-order valence-corrected chi connectivity index (χ3v) is 5.64. The van der Waals surface area contributed by atoms with E-state index in [2.05, 4.69) is 15.3 Å². The molecule has 7 nitrogen and oxygen atoms in total. The number of ether oxygens (including phenoxy) is 1. The quantitative estimate of drug-likeness (QED) is 0.523. The molecule has 0 fully saturated rings. The van der Waals surface area contributed by atoms with Crippen LogP contribution < -0.4 is 10.1 Å². The van der Waals surface area contributed by atoms with Gasteiger partial charge in [0.2, 0.25) is 5.91 Å². The predicted molar refractivity (Wildman–Crippen MR) is 122 cm³/mol. The van der Waals surface area contributed by atoms with E-state index in [0.29, 0.717) is 18.2 Å². The molecule has 1 aliphatic heterocycles. The second-order valence-electron chi connectivity index (χ2n) is 7.92. The second-order valence-corrected chi connectivity index (χ2v) is 7.92. The molecule has 2 aromatic carbocycles. The van der Waals surface area contributed by atoms with Gasteiger partial charge in [0, 0.05) is 34.9 Å². The lowest BCUT2D eigenvalue weighted by Gasteiger charge is -2.24. The first-order valence-electron chi connectivity index (χ1n) is 10.5. The number of amides is 1. The number of carbonyl (C=O) groups is 1. The molecule has 0 saturated heterocycles. The standard InChI is InChI=1S/C25H23N5O2/c1-15-13-16(2)27-25(26-15)30-24-22(23(29-30)18-7-5-4-6-8-18)20(14-21(31)28-24)17-9-11-19(32-3)12-10-17/h4-13,20H,14H2,1-3H3,(H,28,31). The number of hydrogen-bond acceptors (Lipinski definition) is 5. The molecule has 160 valence electrons. The second kappa shape index (κ2) is 7.92. The molecule has 0 saturated carbocycles. The Bertz CT molecular complexity index is 1280. The summed E-state index contributed by atoms with van der Waals surface area (Å²) in [5.74, 6) is 1.61. The lowest BCUT2D eigenvalue weighted by atomic mass is 9.84. The fourth-order valence-electron chi connectivity index (χ4n) is 4.23. The van der Waals surface area contributed by atoms with E-state index in [9.17, 15) is 4.79 Å². The van der Waals surface area contributed by atoms with Crippen molar-refractivity contribution < 1.29 is 9.53 Å². The number of nitrogens with one attached hydrogen (secondary N) is 1. The van der Waals surface area contributed by atoms with E-state index >= 15 is 0 Å². The van der Waals surface area contributed by atoms with E-state index < -0.39 is 0 Å². The molecule has 1 aliphatic rings. The van der Waals surface area contributed by atoms with Gasteiger partial charge in [-0.3, -0.25) is 4.79 Å². The van der Waals surface area contributed by atoms with Crippen molar-refractivity contribution in [1.82, 2.24) is 19.7 Å². The molecule has 32 heavy (non-hydrogen) atoms. The molecule has 5 rings (SSSR count). The maximum Gasteiger partial charge on any atom is 0.252 e. The van der Waals surface area contributed by atoms with Crippen molar-refractivity contribution in [2.75, 3.05) is 12.4 Å². The maximum atomic E-state index is 12.8. The van der Waals surface area contributed by atoms with Crippen LogP contribution in [0.4, 0.5) is 5.82 Å². The summed E-state index contributed by atoms with van der Waals surface area (Å²) in [4.78, 5) is 22.0. The number of anilines is 1. The van der Waals surface area contributed by atoms with Gasteiger partial charge in [-0.25, -0.2) is 9.97 Å². The van der Waals surface area contributed by atoms with Crippen LogP contribution >= 0.6 is 0 Å². The Morgan fingerprint density at radius 3 is 2.34 bits per heavy atom.